The summed E-state index contributed by atoms with van der Waals surface area (Å²) >= 11 is 0. The molecule has 2 N–H and O–H groups in total. The second kappa shape index (κ2) is 8.87. The van der Waals surface area contributed by atoms with Crippen LogP contribution in [-0.2, 0) is 9.84 Å². The molecule has 0 aliphatic carbocycles. The molecule has 0 radical (unpaired) electrons. The first kappa shape index (κ1) is 23.7. The van der Waals surface area contributed by atoms with Crippen LogP contribution in [0.3, 0.4) is 0 Å². The van der Waals surface area contributed by atoms with Gasteiger partial charge in [0.05, 0.1) is 17.5 Å². The van der Waals surface area contributed by atoms with Crippen molar-refractivity contribution in [2.24, 2.45) is 0 Å². The van der Waals surface area contributed by atoms with Crippen molar-refractivity contribution in [3.63, 3.8) is 0 Å². The first-order chi connectivity index (χ1) is 16.7. The third-order valence-corrected chi connectivity index (χ3v) is 9.77. The molecule has 2 aromatic heterocycles. The number of hydrogen-bond acceptors (Lipinski definition) is 7. The topological polar surface area (TPSA) is 109 Å². The summed E-state index contributed by atoms with van der Waals surface area (Å²) in [4.78, 5) is 18.4. The van der Waals surface area contributed by atoms with Crippen LogP contribution in [0.25, 0.3) is 5.65 Å². The number of imidazole rings is 1. The summed E-state index contributed by atoms with van der Waals surface area (Å²) in [5, 5.41) is 9.92. The van der Waals surface area contributed by atoms with Gasteiger partial charge in [-0.2, -0.15) is 0 Å². The Morgan fingerprint density at radius 2 is 2.11 bits per heavy atom. The molecular weight excluding hydrogens is 471 g/mol. The zero-order valence-corrected chi connectivity index (χ0v) is 20.6. The number of anilines is 1. The van der Waals surface area contributed by atoms with Crippen LogP contribution < -0.4 is 15.5 Å². The van der Waals surface area contributed by atoms with Crippen molar-refractivity contribution in [1.82, 2.24) is 25.2 Å². The number of carbonyl (C=O) groups excluding carboxylic acids is 1. The summed E-state index contributed by atoms with van der Waals surface area (Å²) in [6, 6.07) is 10.2. The van der Waals surface area contributed by atoms with E-state index in [1.165, 1.54) is 16.8 Å². The molecule has 0 spiro atoms. The summed E-state index contributed by atoms with van der Waals surface area (Å²) in [6.07, 6.45) is 3.50. The number of carbonyl (C=O) groups is 1. The Balaban J connectivity index is 1.47. The van der Waals surface area contributed by atoms with Gasteiger partial charge in [0.2, 0.25) is 0 Å². The lowest BCUT2D eigenvalue weighted by atomic mass is 10.0. The molecule has 4 heterocycles. The Kier molecular flexibility index (Phi) is 6.00. The highest BCUT2D eigenvalue weighted by atomic mass is 32.2. The molecule has 1 amide bonds. The lowest BCUT2D eigenvalue weighted by Gasteiger charge is -2.31. The fraction of sp³-hybridized carbons (Fsp3) is 0.458. The Labute approximate surface area is 203 Å². The van der Waals surface area contributed by atoms with E-state index in [1.807, 2.05) is 12.1 Å². The van der Waals surface area contributed by atoms with Gasteiger partial charge in [-0.1, -0.05) is 12.1 Å². The number of halogens is 1. The van der Waals surface area contributed by atoms with Crippen LogP contribution in [0.2, 0.25) is 0 Å². The molecule has 0 unspecified atom stereocenters. The van der Waals surface area contributed by atoms with Gasteiger partial charge in [0, 0.05) is 13.1 Å². The SMILES string of the molecule is CC(C)S(=O)(=O)[C@@]1(NC(=O)c2cnc3ccc(N4CCC[C@@H]4c4cccc(F)c4)nn23)CCNC1. The van der Waals surface area contributed by atoms with Gasteiger partial charge in [0.25, 0.3) is 5.91 Å². The van der Waals surface area contributed by atoms with Crippen molar-refractivity contribution in [2.45, 2.75) is 49.3 Å². The summed E-state index contributed by atoms with van der Waals surface area (Å²) < 4.78 is 41.5. The van der Waals surface area contributed by atoms with Crippen molar-refractivity contribution in [3.8, 4) is 0 Å². The Morgan fingerprint density at radius 1 is 1.29 bits per heavy atom. The zero-order chi connectivity index (χ0) is 24.8. The number of amides is 1. The molecule has 0 bridgehead atoms. The van der Waals surface area contributed by atoms with Gasteiger partial charge in [-0.3, -0.25) is 4.79 Å². The number of aromatic nitrogens is 3. The second-order valence-electron chi connectivity index (χ2n) is 9.48. The molecule has 2 saturated heterocycles. The molecule has 3 aromatic rings. The number of rotatable bonds is 6. The van der Waals surface area contributed by atoms with Crippen molar-refractivity contribution in [2.75, 3.05) is 24.5 Å². The Morgan fingerprint density at radius 3 is 2.83 bits per heavy atom. The number of hydrogen-bond donors (Lipinski definition) is 2. The van der Waals surface area contributed by atoms with E-state index in [-0.39, 0.29) is 30.5 Å². The van der Waals surface area contributed by atoms with E-state index in [2.05, 4.69) is 20.5 Å². The third-order valence-electron chi connectivity index (χ3n) is 6.98. The molecule has 1 aromatic carbocycles. The maximum absolute atomic E-state index is 13.9. The van der Waals surface area contributed by atoms with E-state index in [0.29, 0.717) is 18.0 Å². The fourth-order valence-corrected chi connectivity index (χ4v) is 6.91. The van der Waals surface area contributed by atoms with Crippen molar-refractivity contribution in [3.05, 3.63) is 59.7 Å². The summed E-state index contributed by atoms with van der Waals surface area (Å²) in [5.74, 6) is -0.181. The Bertz CT molecular complexity index is 1370. The molecule has 35 heavy (non-hydrogen) atoms. The van der Waals surface area contributed by atoms with E-state index in [4.69, 9.17) is 5.10 Å². The van der Waals surface area contributed by atoms with Crippen molar-refractivity contribution in [1.29, 1.82) is 0 Å². The van der Waals surface area contributed by atoms with Crippen LogP contribution in [-0.4, -0.2) is 58.7 Å². The number of nitrogens with zero attached hydrogens (tertiary/aromatic N) is 4. The van der Waals surface area contributed by atoms with Crippen LogP contribution in [0.15, 0.2) is 42.6 Å². The van der Waals surface area contributed by atoms with Gasteiger partial charge in [-0.15, -0.1) is 5.10 Å². The van der Waals surface area contributed by atoms with Crippen LogP contribution in [0.1, 0.15) is 55.2 Å². The molecule has 11 heteroatoms. The van der Waals surface area contributed by atoms with Crippen LogP contribution in [0.4, 0.5) is 10.2 Å². The van der Waals surface area contributed by atoms with Crippen molar-refractivity contribution < 1.29 is 17.6 Å². The maximum Gasteiger partial charge on any atom is 0.272 e. The highest BCUT2D eigenvalue weighted by molar-refractivity contribution is 7.93. The first-order valence-electron chi connectivity index (χ1n) is 11.9. The van der Waals surface area contributed by atoms with Gasteiger partial charge in [0.15, 0.2) is 26.0 Å². The van der Waals surface area contributed by atoms with E-state index in [9.17, 15) is 17.6 Å². The predicted octanol–water partition coefficient (Wildman–Crippen LogP) is 2.45. The summed E-state index contributed by atoms with van der Waals surface area (Å²) in [6.45, 7) is 4.64. The van der Waals surface area contributed by atoms with Crippen LogP contribution in [0, 0.1) is 5.82 Å². The Hall–Kier alpha value is -3.05. The van der Waals surface area contributed by atoms with E-state index in [0.717, 1.165) is 24.9 Å². The first-order valence-corrected chi connectivity index (χ1v) is 13.4. The molecule has 2 aliphatic rings. The number of sulfone groups is 1. The third kappa shape index (κ3) is 4.06. The van der Waals surface area contributed by atoms with Gasteiger partial charge in [-0.05, 0) is 69.5 Å². The minimum atomic E-state index is -3.62. The second-order valence-corrected chi connectivity index (χ2v) is 12.3. The van der Waals surface area contributed by atoms with E-state index in [1.54, 1.807) is 32.0 Å². The molecular formula is C24H29FN6O3S. The van der Waals surface area contributed by atoms with Gasteiger partial charge in [0.1, 0.15) is 11.6 Å². The number of benzene rings is 1. The standard InChI is InChI=1S/C24H29FN6O3S/c1-16(2)35(33,34)24(10-11-26-15-24)28-23(32)20-14-27-21-8-9-22(29-31(20)21)30-12-4-7-19(30)17-5-3-6-18(25)13-17/h3,5-6,8-9,13-14,16,19,26H,4,7,10-12,15H2,1-2H3,(H,28,32)/t19-,24+/m1/s1. The molecule has 5 rings (SSSR count). The minimum absolute atomic E-state index is 0.0273. The largest absolute Gasteiger partial charge is 0.348 e. The highest BCUT2D eigenvalue weighted by Crippen LogP contribution is 2.35. The predicted molar refractivity (Wildman–Crippen MR) is 130 cm³/mol. The molecule has 186 valence electrons. The maximum atomic E-state index is 13.9. The fourth-order valence-electron chi connectivity index (χ4n) is 5.08. The van der Waals surface area contributed by atoms with Crippen LogP contribution >= 0.6 is 0 Å². The minimum Gasteiger partial charge on any atom is -0.348 e. The smallest absolute Gasteiger partial charge is 0.272 e. The van der Waals surface area contributed by atoms with Crippen molar-refractivity contribution >= 4 is 27.2 Å². The molecule has 9 nitrogen and oxygen atoms in total. The average molecular weight is 501 g/mol. The lowest BCUT2D eigenvalue weighted by Crippen LogP contribution is -2.58. The van der Waals surface area contributed by atoms with E-state index >= 15 is 0 Å². The molecule has 0 saturated carbocycles. The average Bonchev–Trinajstić information content (AvgIpc) is 3.58. The quantitative estimate of drug-likeness (QED) is 0.535. The van der Waals surface area contributed by atoms with Gasteiger partial charge in [-0.25, -0.2) is 22.3 Å². The summed E-state index contributed by atoms with van der Waals surface area (Å²) in [7, 11) is -3.62. The van der Waals surface area contributed by atoms with Gasteiger partial charge >= 0.3 is 0 Å². The normalized spacial score (nSPS) is 22.9. The van der Waals surface area contributed by atoms with Gasteiger partial charge < -0.3 is 15.5 Å². The lowest BCUT2D eigenvalue weighted by molar-refractivity contribution is 0.0922. The molecule has 2 atom stereocenters. The number of nitrogens with one attached hydrogen (secondary N) is 2. The molecule has 2 aliphatic heterocycles. The summed E-state index contributed by atoms with van der Waals surface area (Å²) in [5.41, 5.74) is 1.52. The van der Waals surface area contributed by atoms with Crippen LogP contribution in [0.5, 0.6) is 0 Å². The number of fused-ring (bicyclic) bond motifs is 1. The highest BCUT2D eigenvalue weighted by Gasteiger charge is 2.49. The molecule has 2 fully saturated rings. The monoisotopic (exact) mass is 500 g/mol. The van der Waals surface area contributed by atoms with E-state index < -0.39 is 25.9 Å². The zero-order valence-electron chi connectivity index (χ0n) is 19.7.